The van der Waals surface area contributed by atoms with Crippen molar-refractivity contribution in [2.75, 3.05) is 54.6 Å². The normalized spacial score (nSPS) is 12.8. The van der Waals surface area contributed by atoms with Crippen molar-refractivity contribution in [3.8, 4) is 0 Å². The molecular formula is C14H36N2O4Si2. The van der Waals surface area contributed by atoms with Gasteiger partial charge in [-0.05, 0) is 25.9 Å². The summed E-state index contributed by atoms with van der Waals surface area (Å²) in [5, 5.41) is 6.94. The average Bonchev–Trinajstić information content (AvgIpc) is 2.55. The van der Waals surface area contributed by atoms with Crippen molar-refractivity contribution in [1.82, 2.24) is 10.6 Å². The van der Waals surface area contributed by atoms with Gasteiger partial charge in [0.1, 0.15) is 11.8 Å². The van der Waals surface area contributed by atoms with Crippen LogP contribution in [0.2, 0.25) is 12.1 Å². The SMILES string of the molecule is COC(OC)[SiH2]CCCNCCNCCC[SiH2]C(OC)OC. The minimum absolute atomic E-state index is 0.0843. The zero-order valence-electron chi connectivity index (χ0n) is 14.9. The highest BCUT2D eigenvalue weighted by atomic mass is 28.2. The molecule has 0 amide bonds. The molecule has 0 radical (unpaired) electrons. The Morgan fingerprint density at radius 1 is 0.636 bits per heavy atom. The fourth-order valence-corrected chi connectivity index (χ4v) is 4.90. The molecule has 0 spiro atoms. The van der Waals surface area contributed by atoms with Crippen LogP contribution in [0.25, 0.3) is 0 Å². The summed E-state index contributed by atoms with van der Waals surface area (Å²) in [5.74, 6) is 0.169. The molecule has 0 aromatic heterocycles. The molecule has 0 unspecified atom stereocenters. The smallest absolute Gasteiger partial charge is 0.134 e. The van der Waals surface area contributed by atoms with Gasteiger partial charge >= 0.3 is 0 Å². The molecule has 0 rings (SSSR count). The molecule has 0 atom stereocenters. The average molecular weight is 353 g/mol. The third kappa shape index (κ3) is 13.8. The quantitative estimate of drug-likeness (QED) is 0.205. The fraction of sp³-hybridized carbons (Fsp3) is 1.00. The summed E-state index contributed by atoms with van der Waals surface area (Å²) < 4.78 is 20.9. The lowest BCUT2D eigenvalue weighted by Gasteiger charge is -2.13. The summed E-state index contributed by atoms with van der Waals surface area (Å²) in [7, 11) is 6.37. The Hall–Kier alpha value is 0.194. The van der Waals surface area contributed by atoms with E-state index in [1.165, 1.54) is 24.9 Å². The van der Waals surface area contributed by atoms with Crippen LogP contribution in [0.1, 0.15) is 12.8 Å². The molecule has 134 valence electrons. The number of rotatable bonds is 17. The van der Waals surface area contributed by atoms with Crippen LogP contribution in [-0.4, -0.2) is 85.5 Å². The van der Waals surface area contributed by atoms with E-state index in [1.54, 1.807) is 28.4 Å². The van der Waals surface area contributed by atoms with Crippen LogP contribution in [0, 0.1) is 0 Å². The summed E-state index contributed by atoms with van der Waals surface area (Å²) >= 11 is 0. The third-order valence-corrected chi connectivity index (χ3v) is 7.71. The van der Waals surface area contributed by atoms with E-state index in [-0.39, 0.29) is 30.9 Å². The first-order valence-corrected chi connectivity index (χ1v) is 11.9. The molecule has 2 N–H and O–H groups in total. The monoisotopic (exact) mass is 352 g/mol. The molecule has 0 aliphatic carbocycles. The van der Waals surface area contributed by atoms with E-state index in [0.717, 1.165) is 26.2 Å². The lowest BCUT2D eigenvalue weighted by atomic mass is 10.4. The summed E-state index contributed by atoms with van der Waals surface area (Å²) in [5.41, 5.74) is 0. The topological polar surface area (TPSA) is 61.0 Å². The van der Waals surface area contributed by atoms with Gasteiger partial charge in [0.2, 0.25) is 0 Å². The highest BCUT2D eigenvalue weighted by molar-refractivity contribution is 6.36. The molecule has 0 aliphatic rings. The predicted octanol–water partition coefficient (Wildman–Crippen LogP) is -0.727. The molecule has 0 saturated heterocycles. The zero-order valence-corrected chi connectivity index (χ0v) is 17.7. The number of methoxy groups -OCH3 is 4. The molecule has 6 nitrogen and oxygen atoms in total. The summed E-state index contributed by atoms with van der Waals surface area (Å²) in [6, 6.07) is 2.52. The number of hydrogen-bond acceptors (Lipinski definition) is 6. The van der Waals surface area contributed by atoms with E-state index < -0.39 is 0 Å². The van der Waals surface area contributed by atoms with Gasteiger partial charge < -0.3 is 29.6 Å². The van der Waals surface area contributed by atoms with Gasteiger partial charge in [-0.25, -0.2) is 0 Å². The van der Waals surface area contributed by atoms with E-state index in [2.05, 4.69) is 10.6 Å². The van der Waals surface area contributed by atoms with E-state index >= 15 is 0 Å². The molecule has 22 heavy (non-hydrogen) atoms. The van der Waals surface area contributed by atoms with Crippen molar-refractivity contribution in [3.05, 3.63) is 0 Å². The van der Waals surface area contributed by atoms with Crippen molar-refractivity contribution in [2.45, 2.75) is 36.8 Å². The third-order valence-electron chi connectivity index (χ3n) is 3.62. The van der Waals surface area contributed by atoms with Crippen LogP contribution < -0.4 is 10.6 Å². The van der Waals surface area contributed by atoms with Gasteiger partial charge in [0, 0.05) is 41.5 Å². The van der Waals surface area contributed by atoms with E-state index in [4.69, 9.17) is 18.9 Å². The zero-order chi connectivity index (χ0) is 16.5. The van der Waals surface area contributed by atoms with Crippen molar-refractivity contribution in [3.63, 3.8) is 0 Å². The predicted molar refractivity (Wildman–Crippen MR) is 97.3 cm³/mol. The molecule has 0 aliphatic heterocycles. The first-order chi connectivity index (χ1) is 10.8. The lowest BCUT2D eigenvalue weighted by Crippen LogP contribution is -2.29. The molecule has 0 aromatic rings. The Morgan fingerprint density at radius 3 is 1.32 bits per heavy atom. The Balaban J connectivity index is 3.14. The fourth-order valence-electron chi connectivity index (χ4n) is 2.21. The maximum Gasteiger partial charge on any atom is 0.134 e. The van der Waals surface area contributed by atoms with Crippen LogP contribution >= 0.6 is 0 Å². The second-order valence-electron chi connectivity index (χ2n) is 5.29. The van der Waals surface area contributed by atoms with Crippen LogP contribution in [0.3, 0.4) is 0 Å². The second-order valence-corrected chi connectivity index (χ2v) is 9.20. The Labute approximate surface area is 140 Å². The van der Waals surface area contributed by atoms with Crippen molar-refractivity contribution in [2.24, 2.45) is 0 Å². The van der Waals surface area contributed by atoms with Crippen molar-refractivity contribution < 1.29 is 18.9 Å². The van der Waals surface area contributed by atoms with Gasteiger partial charge in [0.25, 0.3) is 0 Å². The summed E-state index contributed by atoms with van der Waals surface area (Å²) in [4.78, 5) is 0. The Morgan fingerprint density at radius 2 is 1.00 bits per heavy atom. The van der Waals surface area contributed by atoms with Gasteiger partial charge in [0.15, 0.2) is 0 Å². The first-order valence-electron chi connectivity index (χ1n) is 8.31. The molecular weight excluding hydrogens is 316 g/mol. The lowest BCUT2D eigenvalue weighted by molar-refractivity contribution is -0.0442. The van der Waals surface area contributed by atoms with Gasteiger partial charge in [0.05, 0.1) is 19.0 Å². The van der Waals surface area contributed by atoms with Gasteiger partial charge in [-0.15, -0.1) is 0 Å². The van der Waals surface area contributed by atoms with Gasteiger partial charge in [-0.1, -0.05) is 12.1 Å². The molecule has 8 heteroatoms. The summed E-state index contributed by atoms with van der Waals surface area (Å²) in [6.07, 6.45) is 2.44. The second kappa shape index (κ2) is 17.5. The standard InChI is InChI=1S/C14H36N2O4Si2/c1-17-13(18-2)21-11-5-7-15-9-10-16-8-6-12-22-14(19-3)20-4/h13-16H,5-12,21-22H2,1-4H3. The van der Waals surface area contributed by atoms with Crippen LogP contribution in [0.15, 0.2) is 0 Å². The maximum absolute atomic E-state index is 5.22. The highest BCUT2D eigenvalue weighted by Gasteiger charge is 2.05. The number of ether oxygens (including phenoxy) is 4. The molecule has 0 bridgehead atoms. The largest absolute Gasteiger partial charge is 0.360 e. The van der Waals surface area contributed by atoms with E-state index in [1.807, 2.05) is 0 Å². The molecule has 0 fully saturated rings. The first kappa shape index (κ1) is 22.2. The highest BCUT2D eigenvalue weighted by Crippen LogP contribution is 1.96. The van der Waals surface area contributed by atoms with Crippen LogP contribution in [0.5, 0.6) is 0 Å². The van der Waals surface area contributed by atoms with E-state index in [0.29, 0.717) is 0 Å². The van der Waals surface area contributed by atoms with Gasteiger partial charge in [-0.2, -0.15) is 0 Å². The van der Waals surface area contributed by atoms with Crippen molar-refractivity contribution in [1.29, 1.82) is 0 Å². The molecule has 0 heterocycles. The van der Waals surface area contributed by atoms with Gasteiger partial charge in [-0.3, -0.25) is 0 Å². The minimum atomic E-state index is -0.256. The van der Waals surface area contributed by atoms with E-state index in [9.17, 15) is 0 Å². The number of nitrogens with one attached hydrogen (secondary N) is 2. The Kier molecular flexibility index (Phi) is 17.7. The van der Waals surface area contributed by atoms with Crippen LogP contribution in [0.4, 0.5) is 0 Å². The van der Waals surface area contributed by atoms with Crippen molar-refractivity contribution >= 4 is 19.0 Å². The minimum Gasteiger partial charge on any atom is -0.360 e. The summed E-state index contributed by atoms with van der Waals surface area (Å²) in [6.45, 7) is 4.25. The Bertz CT molecular complexity index is 199. The molecule has 0 saturated carbocycles. The molecule has 0 aromatic carbocycles. The number of hydrogen-bond donors (Lipinski definition) is 2. The maximum atomic E-state index is 5.22. The van der Waals surface area contributed by atoms with Crippen LogP contribution in [-0.2, 0) is 18.9 Å².